The number of carbonyl (C=O) groups is 4. The molecule has 0 radical (unpaired) electrons. The summed E-state index contributed by atoms with van der Waals surface area (Å²) in [4.78, 5) is 47.0. The second-order valence-electron chi connectivity index (χ2n) is 5.22. The standard InChI is InChI=1S/C12H17N3O5/c1-15-8(16)4-3-7(9(15)17)13-11(20)14-12(10(18)19)5-2-6-12/h7H,2-6H2,1H3,(H,18,19)(H2,13,14,20). The number of urea groups is 1. The van der Waals surface area contributed by atoms with Gasteiger partial charge in [-0.05, 0) is 25.7 Å². The van der Waals surface area contributed by atoms with Crippen LogP contribution in [0.5, 0.6) is 0 Å². The Morgan fingerprint density at radius 1 is 1.35 bits per heavy atom. The average molecular weight is 283 g/mol. The van der Waals surface area contributed by atoms with Crippen LogP contribution in [0.25, 0.3) is 0 Å². The lowest BCUT2D eigenvalue weighted by atomic mass is 9.77. The van der Waals surface area contributed by atoms with E-state index in [2.05, 4.69) is 10.6 Å². The Morgan fingerprint density at radius 2 is 2.00 bits per heavy atom. The second-order valence-corrected chi connectivity index (χ2v) is 5.22. The minimum Gasteiger partial charge on any atom is -0.480 e. The van der Waals surface area contributed by atoms with Crippen molar-refractivity contribution in [3.8, 4) is 0 Å². The first kappa shape index (κ1) is 14.3. The fourth-order valence-corrected chi connectivity index (χ4v) is 2.38. The van der Waals surface area contributed by atoms with E-state index >= 15 is 0 Å². The van der Waals surface area contributed by atoms with Gasteiger partial charge in [-0.2, -0.15) is 0 Å². The minimum absolute atomic E-state index is 0.178. The van der Waals surface area contributed by atoms with E-state index in [1.165, 1.54) is 7.05 Å². The molecule has 1 heterocycles. The highest BCUT2D eigenvalue weighted by Crippen LogP contribution is 2.31. The molecule has 1 aliphatic carbocycles. The number of piperidine rings is 1. The van der Waals surface area contributed by atoms with Crippen LogP contribution in [0, 0.1) is 0 Å². The molecular weight excluding hydrogens is 266 g/mol. The number of hydrogen-bond donors (Lipinski definition) is 3. The third-order valence-electron chi connectivity index (χ3n) is 3.92. The van der Waals surface area contributed by atoms with Gasteiger partial charge in [0.1, 0.15) is 11.6 Å². The first-order valence-corrected chi connectivity index (χ1v) is 6.48. The Morgan fingerprint density at radius 3 is 2.50 bits per heavy atom. The van der Waals surface area contributed by atoms with Crippen LogP contribution >= 0.6 is 0 Å². The van der Waals surface area contributed by atoms with Gasteiger partial charge in [0.05, 0.1) is 0 Å². The Balaban J connectivity index is 1.93. The molecule has 20 heavy (non-hydrogen) atoms. The third kappa shape index (κ3) is 2.45. The maximum absolute atomic E-state index is 11.8. The van der Waals surface area contributed by atoms with Crippen molar-refractivity contribution >= 4 is 23.8 Å². The molecule has 1 saturated carbocycles. The SMILES string of the molecule is CN1C(=O)CCC(NC(=O)NC2(C(=O)O)CCC2)C1=O. The van der Waals surface area contributed by atoms with Crippen LogP contribution in [0.4, 0.5) is 4.79 Å². The number of amides is 4. The van der Waals surface area contributed by atoms with Crippen molar-refractivity contribution in [1.82, 2.24) is 15.5 Å². The fourth-order valence-electron chi connectivity index (χ4n) is 2.38. The lowest BCUT2D eigenvalue weighted by Crippen LogP contribution is -2.63. The summed E-state index contributed by atoms with van der Waals surface area (Å²) in [6, 6.07) is -1.48. The van der Waals surface area contributed by atoms with Crippen molar-refractivity contribution in [3.05, 3.63) is 0 Å². The number of carbonyl (C=O) groups excluding carboxylic acids is 3. The number of likely N-dealkylation sites (N-methyl/N-ethyl adjacent to an activating group) is 1. The number of nitrogens with zero attached hydrogens (tertiary/aromatic N) is 1. The Labute approximate surface area is 115 Å². The van der Waals surface area contributed by atoms with Crippen molar-refractivity contribution in [3.63, 3.8) is 0 Å². The third-order valence-corrected chi connectivity index (χ3v) is 3.92. The molecule has 1 saturated heterocycles. The van der Waals surface area contributed by atoms with Gasteiger partial charge in [0, 0.05) is 13.5 Å². The molecule has 2 rings (SSSR count). The average Bonchev–Trinajstić information content (AvgIpc) is 2.34. The van der Waals surface area contributed by atoms with Crippen LogP contribution in [0.2, 0.25) is 0 Å². The van der Waals surface area contributed by atoms with Crippen molar-refractivity contribution < 1.29 is 24.3 Å². The fraction of sp³-hybridized carbons (Fsp3) is 0.667. The van der Waals surface area contributed by atoms with Crippen molar-refractivity contribution in [2.45, 2.75) is 43.7 Å². The van der Waals surface area contributed by atoms with Gasteiger partial charge in [-0.15, -0.1) is 0 Å². The summed E-state index contributed by atoms with van der Waals surface area (Å²) in [5, 5.41) is 14.0. The first-order valence-electron chi connectivity index (χ1n) is 6.48. The molecule has 2 aliphatic rings. The van der Waals surface area contributed by atoms with Crippen LogP contribution in [-0.2, 0) is 14.4 Å². The Bertz CT molecular complexity index is 472. The van der Waals surface area contributed by atoms with Gasteiger partial charge in [-0.1, -0.05) is 0 Å². The zero-order valence-corrected chi connectivity index (χ0v) is 11.1. The van der Waals surface area contributed by atoms with Gasteiger partial charge in [0.15, 0.2) is 0 Å². The number of nitrogens with one attached hydrogen (secondary N) is 2. The molecule has 0 spiro atoms. The highest BCUT2D eigenvalue weighted by atomic mass is 16.4. The van der Waals surface area contributed by atoms with Crippen molar-refractivity contribution in [2.75, 3.05) is 7.05 Å². The largest absolute Gasteiger partial charge is 0.480 e. The van der Waals surface area contributed by atoms with Gasteiger partial charge in [-0.25, -0.2) is 9.59 Å². The van der Waals surface area contributed by atoms with E-state index in [0.29, 0.717) is 12.8 Å². The smallest absolute Gasteiger partial charge is 0.329 e. The second kappa shape index (κ2) is 5.10. The number of rotatable bonds is 3. The molecule has 0 aromatic rings. The zero-order valence-electron chi connectivity index (χ0n) is 11.1. The predicted octanol–water partition coefficient (Wildman–Crippen LogP) is -0.560. The molecule has 8 nitrogen and oxygen atoms in total. The summed E-state index contributed by atoms with van der Waals surface area (Å²) in [6.45, 7) is 0. The monoisotopic (exact) mass is 283 g/mol. The molecule has 4 amide bonds. The first-order chi connectivity index (χ1) is 9.35. The van der Waals surface area contributed by atoms with Crippen molar-refractivity contribution in [2.24, 2.45) is 0 Å². The van der Waals surface area contributed by atoms with E-state index in [1.807, 2.05) is 0 Å². The summed E-state index contributed by atoms with van der Waals surface area (Å²) < 4.78 is 0. The Hall–Kier alpha value is -2.12. The van der Waals surface area contributed by atoms with E-state index < -0.39 is 29.5 Å². The minimum atomic E-state index is -1.22. The normalized spacial score (nSPS) is 24.9. The number of aliphatic carboxylic acids is 1. The Kier molecular flexibility index (Phi) is 3.65. The van der Waals surface area contributed by atoms with Gasteiger partial charge >= 0.3 is 12.0 Å². The molecule has 1 aliphatic heterocycles. The van der Waals surface area contributed by atoms with E-state index in [-0.39, 0.29) is 18.7 Å². The van der Waals surface area contributed by atoms with Gasteiger partial charge in [0.25, 0.3) is 5.91 Å². The van der Waals surface area contributed by atoms with E-state index in [9.17, 15) is 19.2 Å². The summed E-state index contributed by atoms with van der Waals surface area (Å²) in [5.74, 6) is -1.83. The molecular formula is C12H17N3O5. The molecule has 110 valence electrons. The highest BCUT2D eigenvalue weighted by molar-refractivity contribution is 6.01. The number of carboxylic acids is 1. The molecule has 0 aromatic heterocycles. The van der Waals surface area contributed by atoms with Gasteiger partial charge in [0.2, 0.25) is 5.91 Å². The van der Waals surface area contributed by atoms with Crippen LogP contribution in [0.1, 0.15) is 32.1 Å². The van der Waals surface area contributed by atoms with E-state index in [0.717, 1.165) is 11.3 Å². The molecule has 3 N–H and O–H groups in total. The number of likely N-dealkylation sites (tertiary alicyclic amines) is 1. The van der Waals surface area contributed by atoms with Gasteiger partial charge in [-0.3, -0.25) is 14.5 Å². The summed E-state index contributed by atoms with van der Waals surface area (Å²) in [5.41, 5.74) is -1.22. The van der Waals surface area contributed by atoms with Crippen LogP contribution in [0.3, 0.4) is 0 Å². The molecule has 8 heteroatoms. The quantitative estimate of drug-likeness (QED) is 0.600. The molecule has 0 bridgehead atoms. The summed E-state index contributed by atoms with van der Waals surface area (Å²) >= 11 is 0. The molecule has 2 fully saturated rings. The van der Waals surface area contributed by atoms with E-state index in [1.54, 1.807) is 0 Å². The summed E-state index contributed by atoms with van der Waals surface area (Å²) in [7, 11) is 1.36. The topological polar surface area (TPSA) is 116 Å². The van der Waals surface area contributed by atoms with Crippen molar-refractivity contribution in [1.29, 1.82) is 0 Å². The van der Waals surface area contributed by atoms with Crippen LogP contribution in [0.15, 0.2) is 0 Å². The van der Waals surface area contributed by atoms with Crippen LogP contribution < -0.4 is 10.6 Å². The maximum atomic E-state index is 11.8. The van der Waals surface area contributed by atoms with Gasteiger partial charge < -0.3 is 15.7 Å². The molecule has 1 atom stereocenters. The highest BCUT2D eigenvalue weighted by Gasteiger charge is 2.46. The number of imide groups is 1. The van der Waals surface area contributed by atoms with E-state index in [4.69, 9.17) is 5.11 Å². The number of carboxylic acid groups (broad SMARTS) is 1. The molecule has 0 aromatic carbocycles. The van der Waals surface area contributed by atoms with Crippen LogP contribution in [-0.4, -0.2) is 52.4 Å². The zero-order chi connectivity index (χ0) is 14.9. The summed E-state index contributed by atoms with van der Waals surface area (Å²) in [6.07, 6.45) is 1.92. The lowest BCUT2D eigenvalue weighted by molar-refractivity contribution is -0.148. The maximum Gasteiger partial charge on any atom is 0.329 e. The number of hydrogen-bond acceptors (Lipinski definition) is 4. The predicted molar refractivity (Wildman–Crippen MR) is 66.7 cm³/mol. The lowest BCUT2D eigenvalue weighted by Gasteiger charge is -2.38. The molecule has 1 unspecified atom stereocenters.